The molecule has 0 aromatic heterocycles. The van der Waals surface area contributed by atoms with E-state index < -0.39 is 11.9 Å². The van der Waals surface area contributed by atoms with Crippen LogP contribution in [0.4, 0.5) is 0 Å². The minimum absolute atomic E-state index is 0.00403. The van der Waals surface area contributed by atoms with E-state index in [1.165, 1.54) is 0 Å². The number of rotatable bonds is 9. The van der Waals surface area contributed by atoms with E-state index in [0.29, 0.717) is 22.4 Å². The first-order valence-electron chi connectivity index (χ1n) is 12.1. The average molecular weight is 517 g/mol. The molecule has 0 spiro atoms. The largest absolute Gasteiger partial charge is 0.465 e. The summed E-state index contributed by atoms with van der Waals surface area (Å²) < 4.78 is 4.85. The SMILES string of the molecule is CCOC(=O)CNC(=O)C[C@H]1C[C@H](c2cccc(Cl)c2)[C@@H](C(c2ccc(Cl)cc2)C2CC2)NC1=O. The van der Waals surface area contributed by atoms with Crippen molar-refractivity contribution in [3.05, 3.63) is 69.7 Å². The van der Waals surface area contributed by atoms with Crippen molar-refractivity contribution in [1.29, 1.82) is 0 Å². The van der Waals surface area contributed by atoms with Gasteiger partial charge in [-0.05, 0) is 67.5 Å². The Morgan fingerprint density at radius 1 is 1.11 bits per heavy atom. The summed E-state index contributed by atoms with van der Waals surface area (Å²) in [6, 6.07) is 15.5. The van der Waals surface area contributed by atoms with Gasteiger partial charge in [0.25, 0.3) is 0 Å². The van der Waals surface area contributed by atoms with E-state index in [0.717, 1.165) is 24.0 Å². The zero-order valence-electron chi connectivity index (χ0n) is 19.6. The standard InChI is InChI=1S/C27H30Cl2N2O4/c1-2-35-24(33)15-30-23(32)14-19-13-22(18-4-3-5-21(29)12-18)26(31-27(19)34)25(16-6-7-16)17-8-10-20(28)11-9-17/h3-5,8-12,16,19,22,25-26H,2,6-7,13-15H2,1H3,(H,30,32)(H,31,34)/t19-,22-,25?,26+/m1/s1. The van der Waals surface area contributed by atoms with E-state index >= 15 is 0 Å². The van der Waals surface area contributed by atoms with Crippen LogP contribution >= 0.6 is 23.2 Å². The normalized spacial score (nSPS) is 22.7. The summed E-state index contributed by atoms with van der Waals surface area (Å²) >= 11 is 12.5. The van der Waals surface area contributed by atoms with Gasteiger partial charge in [-0.1, -0.05) is 47.5 Å². The highest BCUT2D eigenvalue weighted by molar-refractivity contribution is 6.30. The molecule has 1 unspecified atom stereocenters. The second-order valence-electron chi connectivity index (χ2n) is 9.33. The summed E-state index contributed by atoms with van der Waals surface area (Å²) in [5.41, 5.74) is 2.19. The van der Waals surface area contributed by atoms with Gasteiger partial charge in [0.1, 0.15) is 6.54 Å². The molecule has 1 saturated heterocycles. The summed E-state index contributed by atoms with van der Waals surface area (Å²) in [6.45, 7) is 1.75. The number of halogens is 2. The van der Waals surface area contributed by atoms with Crippen molar-refractivity contribution in [2.45, 2.75) is 50.5 Å². The van der Waals surface area contributed by atoms with Crippen molar-refractivity contribution in [2.75, 3.05) is 13.2 Å². The van der Waals surface area contributed by atoms with E-state index in [1.807, 2.05) is 48.5 Å². The highest BCUT2D eigenvalue weighted by atomic mass is 35.5. The maximum absolute atomic E-state index is 13.2. The van der Waals surface area contributed by atoms with Crippen LogP contribution in [0.25, 0.3) is 0 Å². The number of hydrogen-bond acceptors (Lipinski definition) is 4. The maximum atomic E-state index is 13.2. The number of piperidine rings is 1. The molecule has 8 heteroatoms. The first kappa shape index (κ1) is 25.5. The quantitative estimate of drug-likeness (QED) is 0.466. The van der Waals surface area contributed by atoms with Crippen LogP contribution in [0.3, 0.4) is 0 Å². The van der Waals surface area contributed by atoms with Gasteiger partial charge in [0, 0.05) is 40.3 Å². The van der Waals surface area contributed by atoms with Crippen molar-refractivity contribution in [3.8, 4) is 0 Å². The zero-order valence-corrected chi connectivity index (χ0v) is 21.1. The molecule has 2 aromatic rings. The third-order valence-electron chi connectivity index (χ3n) is 6.87. The van der Waals surface area contributed by atoms with E-state index in [2.05, 4.69) is 10.6 Å². The van der Waals surface area contributed by atoms with Gasteiger partial charge >= 0.3 is 5.97 Å². The molecule has 1 heterocycles. The van der Waals surface area contributed by atoms with Crippen molar-refractivity contribution < 1.29 is 19.1 Å². The third kappa shape index (κ3) is 6.56. The lowest BCUT2D eigenvalue weighted by molar-refractivity contribution is -0.143. The van der Waals surface area contributed by atoms with Crippen LogP contribution in [0.2, 0.25) is 10.0 Å². The highest BCUT2D eigenvalue weighted by Crippen LogP contribution is 2.50. The molecule has 0 bridgehead atoms. The number of esters is 1. The van der Waals surface area contributed by atoms with Crippen molar-refractivity contribution in [3.63, 3.8) is 0 Å². The molecule has 6 nitrogen and oxygen atoms in total. The van der Waals surface area contributed by atoms with Gasteiger partial charge in [0.2, 0.25) is 11.8 Å². The molecule has 4 rings (SSSR count). The Kier molecular flexibility index (Phi) is 8.34. The van der Waals surface area contributed by atoms with Gasteiger partial charge in [-0.2, -0.15) is 0 Å². The molecule has 2 aliphatic rings. The molecule has 2 amide bonds. The predicted molar refractivity (Wildman–Crippen MR) is 135 cm³/mol. The lowest BCUT2D eigenvalue weighted by Crippen LogP contribution is -2.52. The van der Waals surface area contributed by atoms with E-state index in [1.54, 1.807) is 6.92 Å². The highest BCUT2D eigenvalue weighted by Gasteiger charge is 2.46. The molecular formula is C27H30Cl2N2O4. The number of ether oxygens (including phenoxy) is 1. The number of benzene rings is 2. The molecule has 1 saturated carbocycles. The van der Waals surface area contributed by atoms with Crippen LogP contribution in [-0.4, -0.2) is 37.0 Å². The van der Waals surface area contributed by atoms with Crippen molar-refractivity contribution in [2.24, 2.45) is 11.8 Å². The molecule has 186 valence electrons. The number of hydrogen-bond donors (Lipinski definition) is 2. The first-order valence-corrected chi connectivity index (χ1v) is 12.8. The van der Waals surface area contributed by atoms with Crippen molar-refractivity contribution >= 4 is 41.0 Å². The molecule has 2 fully saturated rings. The van der Waals surface area contributed by atoms with Crippen molar-refractivity contribution in [1.82, 2.24) is 10.6 Å². The summed E-state index contributed by atoms with van der Waals surface area (Å²) in [7, 11) is 0. The first-order chi connectivity index (χ1) is 16.9. The van der Waals surface area contributed by atoms with Crippen LogP contribution in [0.1, 0.15) is 55.6 Å². The molecular weight excluding hydrogens is 487 g/mol. The van der Waals surface area contributed by atoms with Gasteiger partial charge in [-0.25, -0.2) is 0 Å². The average Bonchev–Trinajstić information content (AvgIpc) is 3.66. The molecule has 1 aliphatic heterocycles. The second kappa shape index (κ2) is 11.4. The van der Waals surface area contributed by atoms with E-state index in [-0.39, 0.29) is 49.3 Å². The summed E-state index contributed by atoms with van der Waals surface area (Å²) in [6.07, 6.45) is 2.74. The molecule has 35 heavy (non-hydrogen) atoms. The second-order valence-corrected chi connectivity index (χ2v) is 10.2. The number of carbonyl (C=O) groups excluding carboxylic acids is 3. The fraction of sp³-hybridized carbons (Fsp3) is 0.444. The third-order valence-corrected chi connectivity index (χ3v) is 7.35. The van der Waals surface area contributed by atoms with Gasteiger partial charge in [0.15, 0.2) is 0 Å². The van der Waals surface area contributed by atoms with Gasteiger partial charge < -0.3 is 15.4 Å². The smallest absolute Gasteiger partial charge is 0.325 e. The minimum atomic E-state index is -0.512. The maximum Gasteiger partial charge on any atom is 0.325 e. The minimum Gasteiger partial charge on any atom is -0.465 e. The van der Waals surface area contributed by atoms with Crippen LogP contribution in [-0.2, 0) is 19.1 Å². The monoisotopic (exact) mass is 516 g/mol. The van der Waals surface area contributed by atoms with Gasteiger partial charge in [0.05, 0.1) is 6.61 Å². The fourth-order valence-corrected chi connectivity index (χ4v) is 5.46. The lowest BCUT2D eigenvalue weighted by atomic mass is 9.71. The van der Waals surface area contributed by atoms with Crippen LogP contribution in [0, 0.1) is 11.8 Å². The Morgan fingerprint density at radius 2 is 1.86 bits per heavy atom. The Hall–Kier alpha value is -2.57. The Morgan fingerprint density at radius 3 is 2.51 bits per heavy atom. The van der Waals surface area contributed by atoms with Crippen LogP contribution in [0.5, 0.6) is 0 Å². The Labute approximate surface area is 215 Å². The number of amides is 2. The van der Waals surface area contributed by atoms with E-state index in [4.69, 9.17) is 27.9 Å². The molecule has 4 atom stereocenters. The van der Waals surface area contributed by atoms with Gasteiger partial charge in [-0.3, -0.25) is 14.4 Å². The van der Waals surface area contributed by atoms with Gasteiger partial charge in [-0.15, -0.1) is 0 Å². The Balaban J connectivity index is 1.57. The van der Waals surface area contributed by atoms with Crippen LogP contribution < -0.4 is 10.6 Å². The summed E-state index contributed by atoms with van der Waals surface area (Å²) in [5, 5.41) is 7.15. The number of nitrogens with one attached hydrogen (secondary N) is 2. The summed E-state index contributed by atoms with van der Waals surface area (Å²) in [4.78, 5) is 37.3. The lowest BCUT2D eigenvalue weighted by Gasteiger charge is -2.41. The predicted octanol–water partition coefficient (Wildman–Crippen LogP) is 4.84. The molecule has 2 aromatic carbocycles. The molecule has 0 radical (unpaired) electrons. The topological polar surface area (TPSA) is 84.5 Å². The zero-order chi connectivity index (χ0) is 24.9. The summed E-state index contributed by atoms with van der Waals surface area (Å²) in [5.74, 6) is -0.900. The molecule has 2 N–H and O–H groups in total. The Bertz CT molecular complexity index is 1070. The molecule has 1 aliphatic carbocycles. The van der Waals surface area contributed by atoms with E-state index in [9.17, 15) is 14.4 Å². The fourth-order valence-electron chi connectivity index (χ4n) is 5.13. The van der Waals surface area contributed by atoms with Crippen LogP contribution in [0.15, 0.2) is 48.5 Å². The number of carbonyl (C=O) groups is 3.